The molecule has 2 aromatic carbocycles. The fourth-order valence-electron chi connectivity index (χ4n) is 1.62. The summed E-state index contributed by atoms with van der Waals surface area (Å²) >= 11 is 0. The molecule has 0 aromatic heterocycles. The predicted octanol–water partition coefficient (Wildman–Crippen LogP) is 1.33. The summed E-state index contributed by atoms with van der Waals surface area (Å²) in [6, 6.07) is 13.0. The normalized spacial score (nSPS) is 11.9. The lowest BCUT2D eigenvalue weighted by Crippen LogP contribution is -2.12. The Hall–Kier alpha value is -1.87. The molecule has 0 heterocycles. The van der Waals surface area contributed by atoms with Gasteiger partial charge in [-0.25, -0.2) is 0 Å². The van der Waals surface area contributed by atoms with Crippen molar-refractivity contribution in [2.75, 3.05) is 7.11 Å². The van der Waals surface area contributed by atoms with Crippen LogP contribution >= 0.6 is 7.77 Å². The van der Waals surface area contributed by atoms with Crippen molar-refractivity contribution in [3.05, 3.63) is 54.1 Å². The summed E-state index contributed by atoms with van der Waals surface area (Å²) in [6.45, 7) is 0. The molecule has 2 aromatic rings. The fourth-order valence-corrected chi connectivity index (χ4v) is 2.68. The Kier molecular flexibility index (Phi) is 4.17. The first-order chi connectivity index (χ1) is 9.13. The minimum Gasteiger partial charge on any atom is -0.624 e. The quantitative estimate of drug-likeness (QED) is 0.830. The summed E-state index contributed by atoms with van der Waals surface area (Å²) in [7, 11) is -0.645. The molecular formula is C14H13O4P. The summed E-state index contributed by atoms with van der Waals surface area (Å²) in [5.74, 6) is 0.189. The highest BCUT2D eigenvalue weighted by Gasteiger charge is 2.15. The number of phenols is 1. The number of benzene rings is 2. The SMILES string of the molecule is COc1cc(C(O)=[P+]([O-])c2ccccc2)ccc1O. The predicted molar refractivity (Wildman–Crippen MR) is 73.7 cm³/mol. The van der Waals surface area contributed by atoms with E-state index in [-0.39, 0.29) is 17.0 Å². The van der Waals surface area contributed by atoms with Crippen molar-refractivity contribution in [1.82, 2.24) is 0 Å². The molecule has 98 valence electrons. The molecule has 4 nitrogen and oxygen atoms in total. The smallest absolute Gasteiger partial charge is 0.255 e. The van der Waals surface area contributed by atoms with Crippen LogP contribution in [0.25, 0.3) is 0 Å². The lowest BCUT2D eigenvalue weighted by molar-refractivity contribution is -0.150. The van der Waals surface area contributed by atoms with E-state index >= 15 is 0 Å². The van der Waals surface area contributed by atoms with Gasteiger partial charge >= 0.3 is 0 Å². The van der Waals surface area contributed by atoms with E-state index in [9.17, 15) is 15.1 Å². The van der Waals surface area contributed by atoms with Crippen molar-refractivity contribution < 1.29 is 19.8 Å². The number of aliphatic hydroxyl groups is 1. The average molecular weight is 276 g/mol. The van der Waals surface area contributed by atoms with Crippen molar-refractivity contribution in [3.8, 4) is 11.5 Å². The molecule has 2 N–H and O–H groups in total. The molecular weight excluding hydrogens is 263 g/mol. The third-order valence-corrected chi connectivity index (χ3v) is 4.03. The molecule has 0 bridgehead atoms. The van der Waals surface area contributed by atoms with Crippen molar-refractivity contribution in [3.63, 3.8) is 0 Å². The number of phenolic OH excluding ortho intramolecular Hbond substituents is 1. The Morgan fingerprint density at radius 2 is 1.84 bits per heavy atom. The molecule has 0 aliphatic carbocycles. The molecule has 0 spiro atoms. The van der Waals surface area contributed by atoms with Gasteiger partial charge < -0.3 is 19.8 Å². The summed E-state index contributed by atoms with van der Waals surface area (Å²) < 4.78 is 4.95. The number of methoxy groups -OCH3 is 1. The van der Waals surface area contributed by atoms with E-state index in [0.717, 1.165) is 0 Å². The van der Waals surface area contributed by atoms with Crippen LogP contribution in [0.4, 0.5) is 0 Å². The van der Waals surface area contributed by atoms with Gasteiger partial charge in [-0.05, 0) is 30.3 Å². The molecule has 19 heavy (non-hydrogen) atoms. The van der Waals surface area contributed by atoms with Crippen LogP contribution in [-0.2, 0) is 0 Å². The largest absolute Gasteiger partial charge is 0.624 e. The fraction of sp³-hybridized carbons (Fsp3) is 0.0714. The second-order valence-electron chi connectivity index (χ2n) is 3.84. The maximum absolute atomic E-state index is 12.2. The maximum Gasteiger partial charge on any atom is 0.255 e. The van der Waals surface area contributed by atoms with Crippen LogP contribution in [0.1, 0.15) is 5.56 Å². The molecule has 5 heteroatoms. The topological polar surface area (TPSA) is 72.8 Å². The summed E-state index contributed by atoms with van der Waals surface area (Å²) in [4.78, 5) is 12.2. The van der Waals surface area contributed by atoms with Gasteiger partial charge in [0, 0.05) is 0 Å². The Labute approximate surface area is 112 Å². The van der Waals surface area contributed by atoms with Crippen molar-refractivity contribution in [2.45, 2.75) is 0 Å². The molecule has 1 atom stereocenters. The molecule has 0 saturated carbocycles. The van der Waals surface area contributed by atoms with Crippen LogP contribution in [0.5, 0.6) is 11.5 Å². The van der Waals surface area contributed by atoms with Gasteiger partial charge in [-0.1, -0.05) is 18.2 Å². The van der Waals surface area contributed by atoms with Crippen molar-refractivity contribution in [1.29, 1.82) is 0 Å². The highest BCUT2D eigenvalue weighted by molar-refractivity contribution is 7.59. The van der Waals surface area contributed by atoms with E-state index in [1.54, 1.807) is 24.3 Å². The minimum absolute atomic E-state index is 0.0333. The highest BCUT2D eigenvalue weighted by Crippen LogP contribution is 2.28. The van der Waals surface area contributed by atoms with E-state index in [2.05, 4.69) is 0 Å². The number of hydrogen-bond donors (Lipinski definition) is 2. The summed E-state index contributed by atoms with van der Waals surface area (Å²) in [5, 5.41) is 20.1. The van der Waals surface area contributed by atoms with Crippen LogP contribution in [0.3, 0.4) is 0 Å². The van der Waals surface area contributed by atoms with Gasteiger partial charge in [0.2, 0.25) is 0 Å². The van der Waals surface area contributed by atoms with E-state index in [1.165, 1.54) is 25.3 Å². The number of ether oxygens (including phenoxy) is 1. The monoisotopic (exact) mass is 276 g/mol. The molecule has 2 rings (SSSR count). The molecule has 0 aliphatic heterocycles. The van der Waals surface area contributed by atoms with Gasteiger partial charge in [-0.15, -0.1) is 0 Å². The summed E-state index contributed by atoms with van der Waals surface area (Å²) in [6.07, 6.45) is 0. The van der Waals surface area contributed by atoms with Gasteiger partial charge in [0.15, 0.2) is 11.5 Å². The third kappa shape index (κ3) is 2.93. The first-order valence-electron chi connectivity index (χ1n) is 5.59. The van der Waals surface area contributed by atoms with Crippen LogP contribution in [0.2, 0.25) is 0 Å². The summed E-state index contributed by atoms with van der Waals surface area (Å²) in [5.41, 5.74) is 0.124. The van der Waals surface area contributed by atoms with E-state index < -0.39 is 7.77 Å². The Balaban J connectivity index is 2.46. The minimum atomic E-state index is -2.06. The highest BCUT2D eigenvalue weighted by atomic mass is 31.1. The third-order valence-electron chi connectivity index (χ3n) is 2.62. The lowest BCUT2D eigenvalue weighted by Gasteiger charge is -2.06. The van der Waals surface area contributed by atoms with E-state index in [0.29, 0.717) is 10.9 Å². The standard InChI is InChI=1S/C14H13O4P/c1-18-13-9-10(7-8-12(13)15)14(16)19(17)11-5-3-2-4-6-11/h2-9,15-16H,1H3. The molecule has 0 radical (unpaired) electrons. The second-order valence-corrected chi connectivity index (χ2v) is 5.37. The number of hydrogen-bond acceptors (Lipinski definition) is 3. The van der Waals surface area contributed by atoms with Gasteiger partial charge in [0.1, 0.15) is 13.1 Å². The van der Waals surface area contributed by atoms with Crippen LogP contribution in [0.15, 0.2) is 48.5 Å². The van der Waals surface area contributed by atoms with Gasteiger partial charge in [0.05, 0.1) is 12.7 Å². The molecule has 0 saturated heterocycles. The first-order valence-corrected chi connectivity index (χ1v) is 6.85. The maximum atomic E-state index is 12.2. The van der Waals surface area contributed by atoms with E-state index in [1.807, 2.05) is 6.07 Å². The zero-order valence-electron chi connectivity index (χ0n) is 10.3. The zero-order valence-corrected chi connectivity index (χ0v) is 11.2. The number of aliphatic hydroxyl groups excluding tert-OH is 1. The van der Waals surface area contributed by atoms with Crippen LogP contribution < -0.4 is 14.9 Å². The average Bonchev–Trinajstić information content (AvgIpc) is 2.47. The van der Waals surface area contributed by atoms with Gasteiger partial charge in [-0.3, -0.25) is 0 Å². The number of rotatable bonds is 3. The molecule has 0 aliphatic rings. The number of aromatic hydroxyl groups is 1. The molecule has 0 fully saturated rings. The van der Waals surface area contributed by atoms with Gasteiger partial charge in [0.25, 0.3) is 5.48 Å². The van der Waals surface area contributed by atoms with Gasteiger partial charge in [-0.2, -0.15) is 0 Å². The zero-order chi connectivity index (χ0) is 13.8. The lowest BCUT2D eigenvalue weighted by atomic mass is 10.2. The van der Waals surface area contributed by atoms with E-state index in [4.69, 9.17) is 4.74 Å². The van der Waals surface area contributed by atoms with Crippen LogP contribution in [0, 0.1) is 0 Å². The first kappa shape index (κ1) is 13.6. The van der Waals surface area contributed by atoms with Crippen LogP contribution in [-0.4, -0.2) is 22.8 Å². The Morgan fingerprint density at radius 1 is 1.16 bits per heavy atom. The Bertz CT molecular complexity index is 608. The molecule has 1 unspecified atom stereocenters. The van der Waals surface area contributed by atoms with Crippen molar-refractivity contribution in [2.24, 2.45) is 0 Å². The molecule has 0 amide bonds. The van der Waals surface area contributed by atoms with Crippen molar-refractivity contribution >= 4 is 18.6 Å². The Morgan fingerprint density at radius 3 is 2.47 bits per heavy atom. The second kappa shape index (κ2) is 5.85.